The van der Waals surface area contributed by atoms with Crippen LogP contribution in [0.3, 0.4) is 0 Å². The number of amides is 2. The number of hydrogen-bond donors (Lipinski definition) is 2. The minimum absolute atomic E-state index is 0.103. The third kappa shape index (κ3) is 5.16. The number of carbonyl (C=O) groups excluding carboxylic acids is 2. The molecule has 0 unspecified atom stereocenters. The lowest BCUT2D eigenvalue weighted by atomic mass is 10.1. The summed E-state index contributed by atoms with van der Waals surface area (Å²) in [6, 6.07) is 13.4. The zero-order valence-corrected chi connectivity index (χ0v) is 18.6. The minimum atomic E-state index is -3.60. The summed E-state index contributed by atoms with van der Waals surface area (Å²) < 4.78 is 32.2. The second-order valence-electron chi connectivity index (χ2n) is 7.64. The van der Waals surface area contributed by atoms with Crippen LogP contribution in [-0.2, 0) is 14.8 Å². The number of anilines is 2. The zero-order chi connectivity index (χ0) is 22.6. The summed E-state index contributed by atoms with van der Waals surface area (Å²) in [6.45, 7) is 5.88. The fourth-order valence-corrected chi connectivity index (χ4v) is 4.28. The van der Waals surface area contributed by atoms with Crippen LogP contribution in [0.15, 0.2) is 48.5 Å². The van der Waals surface area contributed by atoms with Crippen molar-refractivity contribution in [2.45, 2.75) is 26.9 Å². The number of carbonyl (C=O) groups is 2. The Balaban J connectivity index is 1.83. The van der Waals surface area contributed by atoms with Gasteiger partial charge in [0, 0.05) is 6.54 Å². The third-order valence-corrected chi connectivity index (χ3v) is 6.58. The fraction of sp³-hybridized carbons (Fsp3) is 0.364. The highest BCUT2D eigenvalue weighted by molar-refractivity contribution is 7.92. The molecule has 2 N–H and O–H groups in total. The lowest BCUT2D eigenvalue weighted by Crippen LogP contribution is -2.49. The molecule has 9 heteroatoms. The Morgan fingerprint density at radius 2 is 1.81 bits per heavy atom. The first-order chi connectivity index (χ1) is 14.7. The monoisotopic (exact) mass is 445 g/mol. The van der Waals surface area contributed by atoms with Crippen molar-refractivity contribution in [3.63, 3.8) is 0 Å². The van der Waals surface area contributed by atoms with Gasteiger partial charge in [0.25, 0.3) is 11.8 Å². The number of sulfonamides is 1. The topological polar surface area (TPSA) is 105 Å². The largest absolute Gasteiger partial charge is 0.476 e. The molecule has 0 aliphatic carbocycles. The Bertz CT molecular complexity index is 1070. The lowest BCUT2D eigenvalue weighted by Gasteiger charge is -2.34. The minimum Gasteiger partial charge on any atom is -0.476 e. The van der Waals surface area contributed by atoms with E-state index in [-0.39, 0.29) is 24.1 Å². The Kier molecular flexibility index (Phi) is 6.84. The molecule has 0 saturated heterocycles. The Morgan fingerprint density at radius 3 is 2.52 bits per heavy atom. The highest BCUT2D eigenvalue weighted by Gasteiger charge is 2.36. The number of nitrogens with zero attached hydrogens (tertiary/aromatic N) is 1. The summed E-state index contributed by atoms with van der Waals surface area (Å²) in [4.78, 5) is 25.5. The van der Waals surface area contributed by atoms with Gasteiger partial charge in [0.1, 0.15) is 5.75 Å². The number of nitrogens with one attached hydrogen (secondary N) is 2. The number of para-hydroxylation sites is 3. The number of rotatable bonds is 7. The van der Waals surface area contributed by atoms with Crippen LogP contribution in [0.5, 0.6) is 5.75 Å². The first-order valence-corrected chi connectivity index (χ1v) is 11.8. The van der Waals surface area contributed by atoms with Crippen LogP contribution in [0.2, 0.25) is 0 Å². The van der Waals surface area contributed by atoms with Crippen molar-refractivity contribution in [2.75, 3.05) is 28.5 Å². The second kappa shape index (κ2) is 9.38. The maximum atomic E-state index is 13.0. The maximum absolute atomic E-state index is 13.0. The van der Waals surface area contributed by atoms with E-state index >= 15 is 0 Å². The quantitative estimate of drug-likeness (QED) is 0.682. The summed E-state index contributed by atoms with van der Waals surface area (Å²) in [6.07, 6.45) is -1.07. The van der Waals surface area contributed by atoms with Crippen molar-refractivity contribution in [3.05, 3.63) is 54.1 Å². The molecule has 0 radical (unpaired) electrons. The Hall–Kier alpha value is -3.07. The van der Waals surface area contributed by atoms with Crippen molar-refractivity contribution in [1.82, 2.24) is 5.32 Å². The predicted molar refractivity (Wildman–Crippen MR) is 120 cm³/mol. The number of ether oxygens (including phenoxy) is 1. The fourth-order valence-electron chi connectivity index (χ4n) is 3.15. The van der Waals surface area contributed by atoms with Crippen molar-refractivity contribution in [2.24, 2.45) is 5.92 Å². The van der Waals surface area contributed by atoms with Gasteiger partial charge in [0.05, 0.1) is 29.2 Å². The predicted octanol–water partition coefficient (Wildman–Crippen LogP) is 2.63. The van der Waals surface area contributed by atoms with E-state index in [1.165, 1.54) is 4.31 Å². The van der Waals surface area contributed by atoms with Gasteiger partial charge in [-0.3, -0.25) is 13.9 Å². The van der Waals surface area contributed by atoms with E-state index in [9.17, 15) is 18.0 Å². The van der Waals surface area contributed by atoms with Crippen LogP contribution < -0.4 is 19.7 Å². The standard InChI is InChI=1S/C22H27N3O5S/c1-4-31(28,29)25-14-20(30-19-12-8-7-11-18(19)25)22(27)24-17-10-6-5-9-16(17)21(26)23-13-15(2)3/h5-12,15,20H,4,13-14H2,1-3H3,(H,23,26)(H,24,27)/t20-/m0/s1. The molecule has 1 heterocycles. The van der Waals surface area contributed by atoms with Crippen LogP contribution >= 0.6 is 0 Å². The van der Waals surface area contributed by atoms with Gasteiger partial charge in [0.15, 0.2) is 6.10 Å². The van der Waals surface area contributed by atoms with E-state index in [4.69, 9.17) is 4.74 Å². The second-order valence-corrected chi connectivity index (χ2v) is 9.83. The summed E-state index contributed by atoms with van der Waals surface area (Å²) >= 11 is 0. The molecule has 8 nitrogen and oxygen atoms in total. The number of hydrogen-bond acceptors (Lipinski definition) is 5. The van der Waals surface area contributed by atoms with Crippen molar-refractivity contribution < 1.29 is 22.7 Å². The van der Waals surface area contributed by atoms with Crippen LogP contribution in [0.1, 0.15) is 31.1 Å². The number of benzene rings is 2. The van der Waals surface area contributed by atoms with Crippen LogP contribution in [0.25, 0.3) is 0 Å². The van der Waals surface area contributed by atoms with Gasteiger partial charge in [0.2, 0.25) is 10.0 Å². The molecular formula is C22H27N3O5S. The molecular weight excluding hydrogens is 418 g/mol. The molecule has 2 aromatic carbocycles. The van der Waals surface area contributed by atoms with Gasteiger partial charge in [-0.05, 0) is 37.1 Å². The summed E-state index contributed by atoms with van der Waals surface area (Å²) in [5, 5.41) is 5.55. The summed E-state index contributed by atoms with van der Waals surface area (Å²) in [7, 11) is -3.60. The third-order valence-electron chi connectivity index (χ3n) is 4.83. The first kappa shape index (κ1) is 22.6. The van der Waals surface area contributed by atoms with E-state index in [0.29, 0.717) is 29.2 Å². The summed E-state index contributed by atoms with van der Waals surface area (Å²) in [5.74, 6) is -0.333. The zero-order valence-electron chi connectivity index (χ0n) is 17.8. The van der Waals surface area contributed by atoms with Crippen LogP contribution in [0.4, 0.5) is 11.4 Å². The van der Waals surface area contributed by atoms with E-state index < -0.39 is 22.0 Å². The summed E-state index contributed by atoms with van der Waals surface area (Å²) in [5.41, 5.74) is 1.06. The molecule has 1 aliphatic heterocycles. The molecule has 0 spiro atoms. The lowest BCUT2D eigenvalue weighted by molar-refractivity contribution is -0.122. The van der Waals surface area contributed by atoms with E-state index in [0.717, 1.165) is 0 Å². The van der Waals surface area contributed by atoms with E-state index in [1.54, 1.807) is 55.5 Å². The highest BCUT2D eigenvalue weighted by atomic mass is 32.2. The van der Waals surface area contributed by atoms with Gasteiger partial charge in [-0.15, -0.1) is 0 Å². The average molecular weight is 446 g/mol. The SMILES string of the molecule is CCS(=O)(=O)N1C[C@@H](C(=O)Nc2ccccc2C(=O)NCC(C)C)Oc2ccccc21. The van der Waals surface area contributed by atoms with Gasteiger partial charge in [-0.2, -0.15) is 0 Å². The molecule has 3 rings (SSSR count). The van der Waals surface area contributed by atoms with Crippen molar-refractivity contribution in [1.29, 1.82) is 0 Å². The average Bonchev–Trinajstić information content (AvgIpc) is 2.76. The molecule has 1 aliphatic rings. The molecule has 1 atom stereocenters. The Morgan fingerprint density at radius 1 is 1.13 bits per heavy atom. The molecule has 0 saturated carbocycles. The highest BCUT2D eigenvalue weighted by Crippen LogP contribution is 2.35. The van der Waals surface area contributed by atoms with Gasteiger partial charge in [-0.25, -0.2) is 8.42 Å². The molecule has 31 heavy (non-hydrogen) atoms. The van der Waals surface area contributed by atoms with Crippen molar-refractivity contribution in [3.8, 4) is 5.75 Å². The van der Waals surface area contributed by atoms with E-state index in [1.807, 2.05) is 13.8 Å². The molecule has 2 amide bonds. The maximum Gasteiger partial charge on any atom is 0.267 e. The normalized spacial score (nSPS) is 15.7. The molecule has 0 fully saturated rings. The molecule has 0 aromatic heterocycles. The van der Waals surface area contributed by atoms with Gasteiger partial charge in [-0.1, -0.05) is 38.1 Å². The van der Waals surface area contributed by atoms with Crippen LogP contribution in [0, 0.1) is 5.92 Å². The van der Waals surface area contributed by atoms with E-state index in [2.05, 4.69) is 10.6 Å². The van der Waals surface area contributed by atoms with Gasteiger partial charge < -0.3 is 15.4 Å². The Labute approximate surface area is 182 Å². The van der Waals surface area contributed by atoms with Crippen molar-refractivity contribution >= 4 is 33.2 Å². The molecule has 166 valence electrons. The number of fused-ring (bicyclic) bond motifs is 1. The molecule has 2 aromatic rings. The smallest absolute Gasteiger partial charge is 0.267 e. The van der Waals surface area contributed by atoms with Gasteiger partial charge >= 0.3 is 0 Å². The first-order valence-electron chi connectivity index (χ1n) is 10.2. The van der Waals surface area contributed by atoms with Crippen LogP contribution in [-0.4, -0.2) is 45.2 Å². The molecule has 0 bridgehead atoms.